The normalized spacial score (nSPS) is 11.8. The van der Waals surface area contributed by atoms with Crippen molar-refractivity contribution < 1.29 is 32.3 Å². The molecule has 5 nitrogen and oxygen atoms in total. The first kappa shape index (κ1) is 25.4. The first-order valence-corrected chi connectivity index (χ1v) is 10.0. The van der Waals surface area contributed by atoms with Gasteiger partial charge in [-0.15, -0.1) is 0 Å². The first-order valence-electron chi connectivity index (χ1n) is 9.26. The zero-order valence-corrected chi connectivity index (χ0v) is 18.5. The minimum absolute atomic E-state index is 0.0101. The van der Waals surface area contributed by atoms with E-state index in [1.54, 1.807) is 6.92 Å². The van der Waals surface area contributed by atoms with Crippen LogP contribution < -0.4 is 5.32 Å². The summed E-state index contributed by atoms with van der Waals surface area (Å²) in [6.45, 7) is 2.96. The third-order valence-corrected chi connectivity index (χ3v) is 4.64. The number of nitrogens with one attached hydrogen (secondary N) is 1. The van der Waals surface area contributed by atoms with Gasteiger partial charge in [0, 0.05) is 21.2 Å². The van der Waals surface area contributed by atoms with Crippen molar-refractivity contribution in [3.05, 3.63) is 74.8 Å². The van der Waals surface area contributed by atoms with Crippen molar-refractivity contribution in [2.75, 3.05) is 13.2 Å². The zero-order chi connectivity index (χ0) is 24.1. The number of ketones is 1. The SMILES string of the molecule is CCOC(=O)CNC(=O)c1ccc(C(=O)/C=C(\c2cc(Cl)cc(Cl)c2)C(F)(F)F)cc1C. The number of hydrogen-bond donors (Lipinski definition) is 1. The van der Waals surface area contributed by atoms with E-state index < -0.39 is 29.4 Å². The summed E-state index contributed by atoms with van der Waals surface area (Å²) in [5.41, 5.74) is -1.12. The second kappa shape index (κ2) is 10.7. The van der Waals surface area contributed by atoms with Crippen LogP contribution in [0.1, 0.15) is 38.8 Å². The van der Waals surface area contributed by atoms with Gasteiger partial charge in [-0.1, -0.05) is 29.3 Å². The van der Waals surface area contributed by atoms with Crippen LogP contribution in [0, 0.1) is 6.92 Å². The Labute approximate surface area is 192 Å². The van der Waals surface area contributed by atoms with Crippen LogP contribution in [0.15, 0.2) is 42.5 Å². The number of ether oxygens (including phenoxy) is 1. The third kappa shape index (κ3) is 6.83. The van der Waals surface area contributed by atoms with E-state index in [0.29, 0.717) is 11.6 Å². The molecular formula is C22H18Cl2F3NO4. The predicted octanol–water partition coefficient (Wildman–Crippen LogP) is 5.42. The molecule has 2 rings (SSSR count). The summed E-state index contributed by atoms with van der Waals surface area (Å²) in [5.74, 6) is -2.12. The van der Waals surface area contributed by atoms with E-state index >= 15 is 0 Å². The number of allylic oxidation sites excluding steroid dienone is 2. The van der Waals surface area contributed by atoms with E-state index in [9.17, 15) is 27.6 Å². The van der Waals surface area contributed by atoms with Crippen LogP contribution in [-0.4, -0.2) is 37.0 Å². The van der Waals surface area contributed by atoms with Crippen LogP contribution >= 0.6 is 23.2 Å². The van der Waals surface area contributed by atoms with Gasteiger partial charge in [-0.05, 0) is 61.4 Å². The molecule has 0 aromatic heterocycles. The van der Waals surface area contributed by atoms with E-state index in [4.69, 9.17) is 27.9 Å². The van der Waals surface area contributed by atoms with Crippen LogP contribution in [0.25, 0.3) is 5.57 Å². The van der Waals surface area contributed by atoms with Gasteiger partial charge in [-0.25, -0.2) is 0 Å². The van der Waals surface area contributed by atoms with E-state index in [1.165, 1.54) is 31.2 Å². The number of carbonyl (C=O) groups excluding carboxylic acids is 3. The molecule has 32 heavy (non-hydrogen) atoms. The van der Waals surface area contributed by atoms with Crippen LogP contribution in [0.3, 0.4) is 0 Å². The van der Waals surface area contributed by atoms with Gasteiger partial charge in [0.1, 0.15) is 6.54 Å². The van der Waals surface area contributed by atoms with Gasteiger partial charge in [-0.3, -0.25) is 14.4 Å². The Balaban J connectivity index is 2.31. The Bertz CT molecular complexity index is 1060. The average Bonchev–Trinajstić information content (AvgIpc) is 2.68. The highest BCUT2D eigenvalue weighted by molar-refractivity contribution is 6.35. The lowest BCUT2D eigenvalue weighted by Gasteiger charge is -2.13. The Morgan fingerprint density at radius 2 is 1.66 bits per heavy atom. The van der Waals surface area contributed by atoms with E-state index in [-0.39, 0.29) is 39.9 Å². The van der Waals surface area contributed by atoms with Gasteiger partial charge in [-0.2, -0.15) is 13.2 Å². The van der Waals surface area contributed by atoms with E-state index in [1.807, 2.05) is 0 Å². The third-order valence-electron chi connectivity index (χ3n) is 4.21. The van der Waals surface area contributed by atoms with Crippen molar-refractivity contribution in [1.29, 1.82) is 0 Å². The average molecular weight is 488 g/mol. The number of hydrogen-bond acceptors (Lipinski definition) is 4. The van der Waals surface area contributed by atoms with E-state index in [0.717, 1.165) is 12.1 Å². The fraction of sp³-hybridized carbons (Fsp3) is 0.227. The lowest BCUT2D eigenvalue weighted by Crippen LogP contribution is -2.31. The molecule has 0 aliphatic carbocycles. The summed E-state index contributed by atoms with van der Waals surface area (Å²) < 4.78 is 45.5. The number of halogens is 5. The molecule has 0 aliphatic heterocycles. The monoisotopic (exact) mass is 487 g/mol. The smallest absolute Gasteiger partial charge is 0.417 e. The molecule has 0 heterocycles. The zero-order valence-electron chi connectivity index (χ0n) is 17.0. The van der Waals surface area contributed by atoms with Crippen LogP contribution in [0.4, 0.5) is 13.2 Å². The molecule has 0 aliphatic rings. The van der Waals surface area contributed by atoms with Crippen LogP contribution in [0.5, 0.6) is 0 Å². The number of esters is 1. The molecule has 0 fully saturated rings. The number of carbonyl (C=O) groups is 3. The molecule has 170 valence electrons. The number of alkyl halides is 3. The molecule has 10 heteroatoms. The number of rotatable bonds is 7. The molecule has 2 aromatic carbocycles. The predicted molar refractivity (Wildman–Crippen MR) is 115 cm³/mol. The second-order valence-corrected chi connectivity index (χ2v) is 7.47. The van der Waals surface area contributed by atoms with Gasteiger partial charge in [0.2, 0.25) is 0 Å². The maximum absolute atomic E-state index is 13.6. The maximum atomic E-state index is 13.6. The summed E-state index contributed by atoms with van der Waals surface area (Å²) in [7, 11) is 0. The number of amides is 1. The van der Waals surface area contributed by atoms with Gasteiger partial charge >= 0.3 is 12.1 Å². The Hall–Kier alpha value is -2.84. The lowest BCUT2D eigenvalue weighted by molar-refractivity contribution is -0.141. The molecule has 0 bridgehead atoms. The highest BCUT2D eigenvalue weighted by atomic mass is 35.5. The van der Waals surface area contributed by atoms with Gasteiger partial charge in [0.25, 0.3) is 5.91 Å². The van der Waals surface area contributed by atoms with Crippen molar-refractivity contribution in [1.82, 2.24) is 5.32 Å². The summed E-state index contributed by atoms with van der Waals surface area (Å²) in [6.07, 6.45) is -4.39. The van der Waals surface area contributed by atoms with Crippen molar-refractivity contribution in [2.45, 2.75) is 20.0 Å². The molecule has 0 unspecified atom stereocenters. The van der Waals surface area contributed by atoms with Crippen LogP contribution in [0.2, 0.25) is 10.0 Å². The minimum Gasteiger partial charge on any atom is -0.465 e. The number of aryl methyl sites for hydroxylation is 1. The molecule has 1 amide bonds. The Kier molecular flexibility index (Phi) is 8.46. The van der Waals surface area contributed by atoms with Gasteiger partial charge in [0.05, 0.1) is 12.2 Å². The standard InChI is InChI=1S/C22H18Cl2F3NO4/c1-3-32-20(30)11-28-21(31)17-5-4-13(6-12(17)2)19(29)10-18(22(25,26)27)14-7-15(23)9-16(24)8-14/h4-10H,3,11H2,1-2H3,(H,28,31)/b18-10+. The fourth-order valence-corrected chi connectivity index (χ4v) is 3.31. The topological polar surface area (TPSA) is 72.5 Å². The van der Waals surface area contributed by atoms with Gasteiger partial charge < -0.3 is 10.1 Å². The summed E-state index contributed by atoms with van der Waals surface area (Å²) in [5, 5.41) is 2.35. The summed E-state index contributed by atoms with van der Waals surface area (Å²) >= 11 is 11.6. The summed E-state index contributed by atoms with van der Waals surface area (Å²) in [4.78, 5) is 36.1. The molecule has 0 atom stereocenters. The summed E-state index contributed by atoms with van der Waals surface area (Å²) in [6, 6.07) is 7.20. The van der Waals surface area contributed by atoms with Crippen molar-refractivity contribution in [3.8, 4) is 0 Å². The largest absolute Gasteiger partial charge is 0.465 e. The fourth-order valence-electron chi connectivity index (χ4n) is 2.78. The Morgan fingerprint density at radius 1 is 1.03 bits per heavy atom. The van der Waals surface area contributed by atoms with Crippen molar-refractivity contribution in [2.24, 2.45) is 0 Å². The highest BCUT2D eigenvalue weighted by Gasteiger charge is 2.35. The van der Waals surface area contributed by atoms with Gasteiger partial charge in [0.15, 0.2) is 5.78 Å². The Morgan fingerprint density at radius 3 is 2.19 bits per heavy atom. The van der Waals surface area contributed by atoms with E-state index in [2.05, 4.69) is 5.32 Å². The molecule has 0 saturated carbocycles. The van der Waals surface area contributed by atoms with Crippen molar-refractivity contribution >= 4 is 46.4 Å². The highest BCUT2D eigenvalue weighted by Crippen LogP contribution is 2.36. The molecule has 0 saturated heterocycles. The van der Waals surface area contributed by atoms with Crippen LogP contribution in [-0.2, 0) is 9.53 Å². The molecule has 0 radical (unpaired) electrons. The maximum Gasteiger partial charge on any atom is 0.417 e. The van der Waals surface area contributed by atoms with Crippen molar-refractivity contribution in [3.63, 3.8) is 0 Å². The molecule has 0 spiro atoms. The quantitative estimate of drug-likeness (QED) is 0.321. The lowest BCUT2D eigenvalue weighted by atomic mass is 9.98. The first-order chi connectivity index (χ1) is 14.9. The minimum atomic E-state index is -4.84. The molecule has 2 aromatic rings. The molecule has 1 N–H and O–H groups in total. The number of benzene rings is 2. The molecular weight excluding hydrogens is 470 g/mol. The second-order valence-electron chi connectivity index (χ2n) is 6.60.